The lowest BCUT2D eigenvalue weighted by Crippen LogP contribution is -2.36. The number of piperidine rings is 1. The van der Waals surface area contributed by atoms with Gasteiger partial charge in [-0.3, -0.25) is 9.78 Å². The number of carbonyl (C=O) groups is 1. The summed E-state index contributed by atoms with van der Waals surface area (Å²) in [7, 11) is 0. The van der Waals surface area contributed by atoms with Crippen LogP contribution >= 0.6 is 0 Å². The zero-order valence-corrected chi connectivity index (χ0v) is 13.8. The van der Waals surface area contributed by atoms with E-state index in [0.29, 0.717) is 23.8 Å². The number of hydrogen-bond acceptors (Lipinski definition) is 6. The van der Waals surface area contributed by atoms with Crippen LogP contribution in [0.5, 0.6) is 5.75 Å². The van der Waals surface area contributed by atoms with Crippen LogP contribution < -0.4 is 15.4 Å². The van der Waals surface area contributed by atoms with Gasteiger partial charge in [0.1, 0.15) is 23.3 Å². The molecule has 7 nitrogen and oxygen atoms in total. The molecule has 1 aliphatic rings. The van der Waals surface area contributed by atoms with Gasteiger partial charge in [-0.05, 0) is 37.0 Å². The third kappa shape index (κ3) is 4.04. The highest BCUT2D eigenvalue weighted by atomic mass is 16.5. The van der Waals surface area contributed by atoms with E-state index in [2.05, 4.69) is 20.9 Å². The molecular weight excluding hydrogens is 318 g/mol. The van der Waals surface area contributed by atoms with Crippen molar-refractivity contribution < 1.29 is 9.53 Å². The summed E-state index contributed by atoms with van der Waals surface area (Å²) in [5, 5.41) is 9.20. The number of hydrogen-bond donors (Lipinski definition) is 1. The third-order valence-electron chi connectivity index (χ3n) is 4.29. The predicted octanol–water partition coefficient (Wildman–Crippen LogP) is 1.74. The Morgan fingerprint density at radius 3 is 2.84 bits per heavy atom. The first-order valence-corrected chi connectivity index (χ1v) is 8.16. The van der Waals surface area contributed by atoms with Gasteiger partial charge < -0.3 is 15.4 Å². The first-order valence-electron chi connectivity index (χ1n) is 8.16. The maximum absolute atomic E-state index is 11.2. The molecule has 0 unspecified atom stereocenters. The Morgan fingerprint density at radius 1 is 1.32 bits per heavy atom. The van der Waals surface area contributed by atoms with Gasteiger partial charge >= 0.3 is 0 Å². The fraction of sp³-hybridized carbons (Fsp3) is 0.333. The third-order valence-corrected chi connectivity index (χ3v) is 4.29. The summed E-state index contributed by atoms with van der Waals surface area (Å²) in [5.74, 6) is 1.20. The number of nitrogens with two attached hydrogens (primary N) is 1. The number of aromatic nitrogens is 2. The normalized spacial score (nSPS) is 14.8. The standard InChI is InChI=1S/C18H19N5O2/c19-11-14-2-1-6-22-18(14)23-8-4-13(5-9-23)12-25-15-3-7-21-16(10-15)17(20)24/h1-3,6-7,10,13H,4-5,8-9,12H2,(H2,20,24). The van der Waals surface area contributed by atoms with Crippen molar-refractivity contribution >= 4 is 11.7 Å². The summed E-state index contributed by atoms with van der Waals surface area (Å²) in [4.78, 5) is 21.5. The molecule has 1 amide bonds. The molecule has 0 atom stereocenters. The molecule has 2 aromatic rings. The number of ether oxygens (including phenoxy) is 1. The highest BCUT2D eigenvalue weighted by Crippen LogP contribution is 2.25. The molecule has 0 radical (unpaired) electrons. The van der Waals surface area contributed by atoms with Crippen molar-refractivity contribution in [2.75, 3.05) is 24.6 Å². The van der Waals surface area contributed by atoms with E-state index in [0.717, 1.165) is 31.7 Å². The topological polar surface area (TPSA) is 105 Å². The molecule has 1 aliphatic heterocycles. The number of primary amides is 1. The number of nitrogens with zero attached hydrogens (tertiary/aromatic N) is 4. The van der Waals surface area contributed by atoms with Gasteiger partial charge in [-0.2, -0.15) is 5.26 Å². The van der Waals surface area contributed by atoms with Crippen LogP contribution in [0.1, 0.15) is 28.9 Å². The Labute approximate surface area is 146 Å². The molecule has 0 bridgehead atoms. The number of amides is 1. The molecule has 3 heterocycles. The van der Waals surface area contributed by atoms with Gasteiger partial charge in [0, 0.05) is 31.5 Å². The first kappa shape index (κ1) is 16.7. The van der Waals surface area contributed by atoms with Crippen LogP contribution in [-0.2, 0) is 0 Å². The minimum Gasteiger partial charge on any atom is -0.493 e. The van der Waals surface area contributed by atoms with Crippen LogP contribution in [-0.4, -0.2) is 35.6 Å². The molecule has 3 rings (SSSR count). The summed E-state index contributed by atoms with van der Waals surface area (Å²) in [6.45, 7) is 2.24. The number of anilines is 1. The van der Waals surface area contributed by atoms with E-state index in [9.17, 15) is 10.1 Å². The number of rotatable bonds is 5. The van der Waals surface area contributed by atoms with Gasteiger partial charge in [-0.15, -0.1) is 0 Å². The average Bonchev–Trinajstić information content (AvgIpc) is 2.67. The fourth-order valence-corrected chi connectivity index (χ4v) is 2.90. The Kier molecular flexibility index (Phi) is 5.09. The van der Waals surface area contributed by atoms with Crippen LogP contribution in [0.3, 0.4) is 0 Å². The Morgan fingerprint density at radius 2 is 2.12 bits per heavy atom. The molecule has 7 heteroatoms. The molecule has 0 spiro atoms. The van der Waals surface area contributed by atoms with Crippen molar-refractivity contribution in [3.05, 3.63) is 47.9 Å². The van der Waals surface area contributed by atoms with Crippen molar-refractivity contribution in [3.63, 3.8) is 0 Å². The molecule has 0 aliphatic carbocycles. The van der Waals surface area contributed by atoms with E-state index in [1.807, 2.05) is 0 Å². The molecule has 25 heavy (non-hydrogen) atoms. The van der Waals surface area contributed by atoms with E-state index in [-0.39, 0.29) is 5.69 Å². The second-order valence-corrected chi connectivity index (χ2v) is 5.97. The van der Waals surface area contributed by atoms with Crippen molar-refractivity contribution in [1.82, 2.24) is 9.97 Å². The van der Waals surface area contributed by atoms with Crippen molar-refractivity contribution in [2.24, 2.45) is 11.7 Å². The summed E-state index contributed by atoms with van der Waals surface area (Å²) in [6, 6.07) is 9.03. The van der Waals surface area contributed by atoms with Gasteiger partial charge in [-0.1, -0.05) is 0 Å². The van der Waals surface area contributed by atoms with Crippen LogP contribution in [0.2, 0.25) is 0 Å². The Balaban J connectivity index is 1.54. The predicted molar refractivity (Wildman–Crippen MR) is 92.1 cm³/mol. The lowest BCUT2D eigenvalue weighted by Gasteiger charge is -2.33. The molecule has 0 saturated carbocycles. The fourth-order valence-electron chi connectivity index (χ4n) is 2.90. The summed E-state index contributed by atoms with van der Waals surface area (Å²) in [5.41, 5.74) is 6.03. The Hall–Kier alpha value is -3.14. The summed E-state index contributed by atoms with van der Waals surface area (Å²) < 4.78 is 5.79. The number of pyridine rings is 2. The molecule has 1 saturated heterocycles. The van der Waals surface area contributed by atoms with Crippen molar-refractivity contribution in [3.8, 4) is 11.8 Å². The second kappa shape index (κ2) is 7.62. The molecule has 0 aromatic carbocycles. The highest BCUT2D eigenvalue weighted by molar-refractivity contribution is 5.91. The minimum atomic E-state index is -0.567. The largest absolute Gasteiger partial charge is 0.493 e. The van der Waals surface area contributed by atoms with E-state index in [1.165, 1.54) is 6.20 Å². The molecule has 2 aromatic heterocycles. The van der Waals surface area contributed by atoms with E-state index in [4.69, 9.17) is 10.5 Å². The number of nitriles is 1. The molecular formula is C18H19N5O2. The van der Waals surface area contributed by atoms with E-state index < -0.39 is 5.91 Å². The van der Waals surface area contributed by atoms with Gasteiger partial charge in [0.2, 0.25) is 0 Å². The van der Waals surface area contributed by atoms with Gasteiger partial charge in [0.15, 0.2) is 0 Å². The number of carbonyl (C=O) groups excluding carboxylic acids is 1. The molecule has 2 N–H and O–H groups in total. The van der Waals surface area contributed by atoms with Gasteiger partial charge in [-0.25, -0.2) is 4.98 Å². The maximum Gasteiger partial charge on any atom is 0.267 e. The van der Waals surface area contributed by atoms with Crippen molar-refractivity contribution in [2.45, 2.75) is 12.8 Å². The SMILES string of the molecule is N#Cc1cccnc1N1CCC(COc2ccnc(C(N)=O)c2)CC1. The molecule has 1 fully saturated rings. The second-order valence-electron chi connectivity index (χ2n) is 5.97. The highest BCUT2D eigenvalue weighted by Gasteiger charge is 2.22. The zero-order chi connectivity index (χ0) is 17.6. The summed E-state index contributed by atoms with van der Waals surface area (Å²) >= 11 is 0. The van der Waals surface area contributed by atoms with Crippen LogP contribution in [0.15, 0.2) is 36.7 Å². The first-order chi connectivity index (χ1) is 12.2. The maximum atomic E-state index is 11.2. The van der Waals surface area contributed by atoms with Crippen molar-refractivity contribution in [1.29, 1.82) is 5.26 Å². The zero-order valence-electron chi connectivity index (χ0n) is 13.8. The van der Waals surface area contributed by atoms with Gasteiger partial charge in [0.05, 0.1) is 12.2 Å². The van der Waals surface area contributed by atoms with Crippen LogP contribution in [0.25, 0.3) is 0 Å². The molecule has 128 valence electrons. The summed E-state index contributed by atoms with van der Waals surface area (Å²) in [6.07, 6.45) is 5.14. The van der Waals surface area contributed by atoms with Gasteiger partial charge in [0.25, 0.3) is 5.91 Å². The van der Waals surface area contributed by atoms with Crippen LogP contribution in [0.4, 0.5) is 5.82 Å². The van der Waals surface area contributed by atoms with Crippen LogP contribution in [0, 0.1) is 17.2 Å². The quantitative estimate of drug-likeness (QED) is 0.891. The average molecular weight is 337 g/mol. The lowest BCUT2D eigenvalue weighted by molar-refractivity contribution is 0.0995. The van der Waals surface area contributed by atoms with E-state index in [1.54, 1.807) is 30.5 Å². The smallest absolute Gasteiger partial charge is 0.267 e. The Bertz CT molecular complexity index is 794. The minimum absolute atomic E-state index is 0.200. The lowest BCUT2D eigenvalue weighted by atomic mass is 9.97. The van der Waals surface area contributed by atoms with E-state index >= 15 is 0 Å². The monoisotopic (exact) mass is 337 g/mol.